The molecule has 0 aliphatic carbocycles. The summed E-state index contributed by atoms with van der Waals surface area (Å²) in [4.78, 5) is 6.14. The fourth-order valence-corrected chi connectivity index (χ4v) is 3.28. The first-order chi connectivity index (χ1) is 10.2. The molecule has 0 radical (unpaired) electrons. The van der Waals surface area contributed by atoms with E-state index in [9.17, 15) is 0 Å². The van der Waals surface area contributed by atoms with Gasteiger partial charge in [-0.25, -0.2) is 4.98 Å². The third-order valence-corrected chi connectivity index (χ3v) is 4.80. The molecule has 0 saturated carbocycles. The van der Waals surface area contributed by atoms with Gasteiger partial charge in [-0.15, -0.1) is 11.3 Å². The second-order valence-electron chi connectivity index (χ2n) is 5.13. The molecule has 0 aliphatic heterocycles. The van der Waals surface area contributed by atoms with Crippen molar-refractivity contribution in [2.24, 2.45) is 0 Å². The Balaban J connectivity index is 2.27. The number of para-hydroxylation sites is 1. The molecule has 2 aromatic rings. The van der Waals surface area contributed by atoms with Crippen molar-refractivity contribution in [3.05, 3.63) is 34.8 Å². The molecule has 1 heterocycles. The van der Waals surface area contributed by atoms with Crippen molar-refractivity contribution in [1.29, 1.82) is 0 Å². The first-order valence-corrected chi connectivity index (χ1v) is 8.36. The summed E-state index contributed by atoms with van der Waals surface area (Å²) in [5.74, 6) is 0.885. The maximum Gasteiger partial charge on any atom is 0.129 e. The third-order valence-electron chi connectivity index (χ3n) is 3.67. The van der Waals surface area contributed by atoms with Crippen molar-refractivity contribution in [2.45, 2.75) is 46.2 Å². The molecular formula is C17H24N2OS. The van der Waals surface area contributed by atoms with E-state index in [-0.39, 0.29) is 0 Å². The Hall–Kier alpha value is -1.39. The van der Waals surface area contributed by atoms with Gasteiger partial charge in [-0.05, 0) is 31.9 Å². The Morgan fingerprint density at radius 3 is 2.71 bits per heavy atom. The van der Waals surface area contributed by atoms with E-state index in [1.54, 1.807) is 18.4 Å². The standard InChI is InChI=1S/C17H24N2OS/c1-5-12(3)18-11-16-14(6-2)19-17(21-16)13-9-7-8-10-15(13)20-4/h7-10,12,18H,5-6,11H2,1-4H3. The van der Waals surface area contributed by atoms with Gasteiger partial charge >= 0.3 is 0 Å². The van der Waals surface area contributed by atoms with Gasteiger partial charge in [0.15, 0.2) is 0 Å². The first-order valence-electron chi connectivity index (χ1n) is 7.54. The maximum atomic E-state index is 5.45. The first kappa shape index (κ1) is 16.0. The number of ether oxygens (including phenoxy) is 1. The number of hydrogen-bond acceptors (Lipinski definition) is 4. The molecule has 0 spiro atoms. The molecule has 0 saturated heterocycles. The summed E-state index contributed by atoms with van der Waals surface area (Å²) in [7, 11) is 1.71. The lowest BCUT2D eigenvalue weighted by Gasteiger charge is -2.10. The van der Waals surface area contributed by atoms with Gasteiger partial charge in [-0.1, -0.05) is 26.0 Å². The number of methoxy groups -OCH3 is 1. The Kier molecular flexibility index (Phi) is 5.76. The van der Waals surface area contributed by atoms with Gasteiger partial charge < -0.3 is 10.1 Å². The van der Waals surface area contributed by atoms with E-state index in [4.69, 9.17) is 9.72 Å². The summed E-state index contributed by atoms with van der Waals surface area (Å²) < 4.78 is 5.45. The summed E-state index contributed by atoms with van der Waals surface area (Å²) in [5.41, 5.74) is 2.27. The van der Waals surface area contributed by atoms with Crippen molar-refractivity contribution in [3.63, 3.8) is 0 Å². The van der Waals surface area contributed by atoms with E-state index in [0.29, 0.717) is 6.04 Å². The molecule has 0 amide bonds. The lowest BCUT2D eigenvalue weighted by atomic mass is 10.2. The van der Waals surface area contributed by atoms with Gasteiger partial charge in [-0.3, -0.25) is 0 Å². The predicted molar refractivity (Wildman–Crippen MR) is 90.1 cm³/mol. The highest BCUT2D eigenvalue weighted by molar-refractivity contribution is 7.15. The van der Waals surface area contributed by atoms with E-state index in [2.05, 4.69) is 32.2 Å². The van der Waals surface area contributed by atoms with Crippen LogP contribution in [0.25, 0.3) is 10.6 Å². The van der Waals surface area contributed by atoms with Crippen LogP contribution in [0.1, 0.15) is 37.8 Å². The normalized spacial score (nSPS) is 12.4. The molecule has 0 aliphatic rings. The predicted octanol–water partition coefficient (Wildman–Crippen LogP) is 4.27. The molecule has 3 nitrogen and oxygen atoms in total. The quantitative estimate of drug-likeness (QED) is 0.829. The molecule has 1 aromatic carbocycles. The molecule has 0 bridgehead atoms. The highest BCUT2D eigenvalue weighted by Gasteiger charge is 2.14. The van der Waals surface area contributed by atoms with Crippen LogP contribution in [0.4, 0.5) is 0 Å². The minimum atomic E-state index is 0.534. The van der Waals surface area contributed by atoms with E-state index < -0.39 is 0 Å². The van der Waals surface area contributed by atoms with E-state index in [1.807, 2.05) is 18.2 Å². The number of thiazole rings is 1. The molecule has 1 atom stereocenters. The van der Waals surface area contributed by atoms with Gasteiger partial charge in [0.1, 0.15) is 10.8 Å². The van der Waals surface area contributed by atoms with Crippen LogP contribution >= 0.6 is 11.3 Å². The molecule has 2 rings (SSSR count). The Morgan fingerprint density at radius 2 is 2.05 bits per heavy atom. The lowest BCUT2D eigenvalue weighted by Crippen LogP contribution is -2.24. The van der Waals surface area contributed by atoms with Crippen LogP contribution in [-0.4, -0.2) is 18.1 Å². The minimum Gasteiger partial charge on any atom is -0.496 e. The van der Waals surface area contributed by atoms with E-state index in [1.165, 1.54) is 10.6 Å². The summed E-state index contributed by atoms with van der Waals surface area (Å²) in [6, 6.07) is 8.61. The van der Waals surface area contributed by atoms with E-state index in [0.717, 1.165) is 35.7 Å². The van der Waals surface area contributed by atoms with Crippen molar-refractivity contribution >= 4 is 11.3 Å². The molecule has 4 heteroatoms. The zero-order chi connectivity index (χ0) is 15.2. The zero-order valence-corrected chi connectivity index (χ0v) is 14.1. The van der Waals surface area contributed by atoms with Crippen LogP contribution in [0.2, 0.25) is 0 Å². The molecule has 1 N–H and O–H groups in total. The molecule has 114 valence electrons. The van der Waals surface area contributed by atoms with Crippen LogP contribution < -0.4 is 10.1 Å². The second-order valence-corrected chi connectivity index (χ2v) is 6.22. The van der Waals surface area contributed by atoms with Crippen LogP contribution in [0, 0.1) is 0 Å². The Bertz CT molecular complexity index is 580. The number of rotatable bonds is 7. The molecular weight excluding hydrogens is 280 g/mol. The lowest BCUT2D eigenvalue weighted by molar-refractivity contribution is 0.416. The smallest absolute Gasteiger partial charge is 0.129 e. The number of hydrogen-bond donors (Lipinski definition) is 1. The van der Waals surface area contributed by atoms with Crippen molar-refractivity contribution in [2.75, 3.05) is 7.11 Å². The molecule has 0 fully saturated rings. The summed E-state index contributed by atoms with van der Waals surface area (Å²) in [6.45, 7) is 7.47. The van der Waals surface area contributed by atoms with Gasteiger partial charge in [0, 0.05) is 17.5 Å². The third kappa shape index (κ3) is 3.83. The number of aryl methyl sites for hydroxylation is 1. The summed E-state index contributed by atoms with van der Waals surface area (Å²) >= 11 is 1.77. The van der Waals surface area contributed by atoms with Gasteiger partial charge in [-0.2, -0.15) is 0 Å². The molecule has 1 aromatic heterocycles. The maximum absolute atomic E-state index is 5.45. The van der Waals surface area contributed by atoms with Gasteiger partial charge in [0.25, 0.3) is 0 Å². The topological polar surface area (TPSA) is 34.1 Å². The second kappa shape index (κ2) is 7.57. The zero-order valence-electron chi connectivity index (χ0n) is 13.3. The summed E-state index contributed by atoms with van der Waals surface area (Å²) in [6.07, 6.45) is 2.10. The highest BCUT2D eigenvalue weighted by atomic mass is 32.1. The number of benzene rings is 1. The highest BCUT2D eigenvalue weighted by Crippen LogP contribution is 2.34. The fraction of sp³-hybridized carbons (Fsp3) is 0.471. The largest absolute Gasteiger partial charge is 0.496 e. The van der Waals surface area contributed by atoms with E-state index >= 15 is 0 Å². The molecule has 1 unspecified atom stereocenters. The van der Waals surface area contributed by atoms with Gasteiger partial charge in [0.2, 0.25) is 0 Å². The number of nitrogens with one attached hydrogen (secondary N) is 1. The Morgan fingerprint density at radius 1 is 1.29 bits per heavy atom. The monoisotopic (exact) mass is 304 g/mol. The van der Waals surface area contributed by atoms with Crippen LogP contribution in [0.15, 0.2) is 24.3 Å². The van der Waals surface area contributed by atoms with Crippen molar-refractivity contribution < 1.29 is 4.74 Å². The fourth-order valence-electron chi connectivity index (χ4n) is 2.15. The summed E-state index contributed by atoms with van der Waals surface area (Å²) in [5, 5.41) is 4.60. The van der Waals surface area contributed by atoms with Crippen molar-refractivity contribution in [1.82, 2.24) is 10.3 Å². The molecule has 21 heavy (non-hydrogen) atoms. The van der Waals surface area contributed by atoms with Crippen LogP contribution in [0.5, 0.6) is 5.75 Å². The van der Waals surface area contributed by atoms with Crippen molar-refractivity contribution in [3.8, 4) is 16.3 Å². The Labute approximate surface area is 131 Å². The average molecular weight is 304 g/mol. The van der Waals surface area contributed by atoms with Crippen LogP contribution in [-0.2, 0) is 13.0 Å². The van der Waals surface area contributed by atoms with Gasteiger partial charge in [0.05, 0.1) is 18.4 Å². The number of aromatic nitrogens is 1. The number of nitrogens with zero attached hydrogens (tertiary/aromatic N) is 1. The van der Waals surface area contributed by atoms with Crippen LogP contribution in [0.3, 0.4) is 0 Å². The average Bonchev–Trinajstić information content (AvgIpc) is 2.95. The SMILES string of the molecule is CCc1nc(-c2ccccc2OC)sc1CNC(C)CC. The minimum absolute atomic E-state index is 0.534.